The Balaban J connectivity index is 1.96. The molecule has 1 atom stereocenters. The number of nitrogens with zero attached hydrogens (tertiary/aromatic N) is 2. The average Bonchev–Trinajstić information content (AvgIpc) is 2.82. The number of anilines is 1. The predicted molar refractivity (Wildman–Crippen MR) is 69.7 cm³/mol. The van der Waals surface area contributed by atoms with Crippen LogP contribution in [-0.4, -0.2) is 23.5 Å². The molecule has 0 N–H and O–H groups in total. The number of fused-ring (bicyclic) bond motifs is 1. The normalized spacial score (nSPS) is 21.0. The van der Waals surface area contributed by atoms with Crippen molar-refractivity contribution in [2.75, 3.05) is 17.3 Å². The molecule has 0 amide bonds. The standard InChI is InChI=1S/C13H15ClN2O/c14-9-10-5-3-4-8-16(10)13-15-11-6-1-2-7-12(11)17-13/h1-2,6-7,10H,3-5,8-9H2. The van der Waals surface area contributed by atoms with Gasteiger partial charge < -0.3 is 9.32 Å². The van der Waals surface area contributed by atoms with Gasteiger partial charge in [0.2, 0.25) is 0 Å². The van der Waals surface area contributed by atoms with Gasteiger partial charge in [0.15, 0.2) is 5.58 Å². The highest BCUT2D eigenvalue weighted by Crippen LogP contribution is 2.27. The summed E-state index contributed by atoms with van der Waals surface area (Å²) in [5.74, 6) is 0.638. The molecule has 1 aliphatic heterocycles. The van der Waals surface area contributed by atoms with Crippen LogP contribution < -0.4 is 4.90 Å². The van der Waals surface area contributed by atoms with Gasteiger partial charge in [0.05, 0.1) is 0 Å². The van der Waals surface area contributed by atoms with Crippen LogP contribution in [0.2, 0.25) is 0 Å². The molecule has 0 saturated carbocycles. The molecule has 0 spiro atoms. The van der Waals surface area contributed by atoms with Crippen molar-refractivity contribution in [1.29, 1.82) is 0 Å². The number of hydrogen-bond acceptors (Lipinski definition) is 3. The van der Waals surface area contributed by atoms with Crippen LogP contribution in [0, 0.1) is 0 Å². The number of piperidine rings is 1. The number of hydrogen-bond donors (Lipinski definition) is 0. The summed E-state index contributed by atoms with van der Waals surface area (Å²) in [6, 6.07) is 8.94. The van der Waals surface area contributed by atoms with E-state index >= 15 is 0 Å². The van der Waals surface area contributed by atoms with E-state index in [4.69, 9.17) is 16.0 Å². The lowest BCUT2D eigenvalue weighted by atomic mass is 10.0. The van der Waals surface area contributed by atoms with E-state index in [1.54, 1.807) is 0 Å². The molecule has 4 heteroatoms. The number of benzene rings is 1. The molecular weight excluding hydrogens is 236 g/mol. The van der Waals surface area contributed by atoms with Crippen LogP contribution in [0.5, 0.6) is 0 Å². The van der Waals surface area contributed by atoms with E-state index in [0.717, 1.165) is 30.1 Å². The van der Waals surface area contributed by atoms with Crippen LogP contribution >= 0.6 is 11.6 Å². The molecule has 17 heavy (non-hydrogen) atoms. The first-order valence-electron chi connectivity index (χ1n) is 6.06. The highest BCUT2D eigenvalue weighted by Gasteiger charge is 2.25. The van der Waals surface area contributed by atoms with Crippen LogP contribution in [0.1, 0.15) is 19.3 Å². The highest BCUT2D eigenvalue weighted by atomic mass is 35.5. The average molecular weight is 251 g/mol. The molecule has 0 aliphatic carbocycles. The fourth-order valence-electron chi connectivity index (χ4n) is 2.40. The lowest BCUT2D eigenvalue weighted by molar-refractivity contribution is 0.445. The molecule has 0 bridgehead atoms. The summed E-state index contributed by atoms with van der Waals surface area (Å²) in [5, 5.41) is 0. The van der Waals surface area contributed by atoms with Crippen LogP contribution in [0.3, 0.4) is 0 Å². The summed E-state index contributed by atoms with van der Waals surface area (Å²) in [6.07, 6.45) is 3.56. The molecule has 0 radical (unpaired) electrons. The summed E-state index contributed by atoms with van der Waals surface area (Å²) < 4.78 is 5.80. The Hall–Kier alpha value is -1.22. The Morgan fingerprint density at radius 2 is 2.24 bits per heavy atom. The molecule has 1 saturated heterocycles. The van der Waals surface area contributed by atoms with Gasteiger partial charge in [-0.2, -0.15) is 4.98 Å². The topological polar surface area (TPSA) is 29.3 Å². The molecule has 2 aromatic rings. The minimum atomic E-state index is 0.360. The van der Waals surface area contributed by atoms with Crippen molar-refractivity contribution in [1.82, 2.24) is 4.98 Å². The number of aromatic nitrogens is 1. The maximum atomic E-state index is 6.01. The Kier molecular flexibility index (Phi) is 2.93. The van der Waals surface area contributed by atoms with Crippen molar-refractivity contribution in [3.8, 4) is 0 Å². The van der Waals surface area contributed by atoms with E-state index in [1.165, 1.54) is 12.8 Å². The molecule has 2 heterocycles. The summed E-state index contributed by atoms with van der Waals surface area (Å²) in [5.41, 5.74) is 1.77. The third-order valence-electron chi connectivity index (χ3n) is 3.33. The quantitative estimate of drug-likeness (QED) is 0.765. The van der Waals surface area contributed by atoms with Crippen molar-refractivity contribution < 1.29 is 4.42 Å². The molecular formula is C13H15ClN2O. The van der Waals surface area contributed by atoms with Crippen molar-refractivity contribution in [3.05, 3.63) is 24.3 Å². The first kappa shape index (κ1) is 10.9. The third kappa shape index (κ3) is 2.00. The maximum Gasteiger partial charge on any atom is 0.298 e. The van der Waals surface area contributed by atoms with Gasteiger partial charge in [-0.05, 0) is 31.4 Å². The van der Waals surface area contributed by atoms with E-state index < -0.39 is 0 Å². The third-order valence-corrected chi connectivity index (χ3v) is 3.69. The summed E-state index contributed by atoms with van der Waals surface area (Å²) >= 11 is 6.01. The van der Waals surface area contributed by atoms with Crippen molar-refractivity contribution >= 4 is 28.7 Å². The Morgan fingerprint density at radius 1 is 1.35 bits per heavy atom. The Bertz CT molecular complexity index is 478. The number of alkyl halides is 1. The maximum absolute atomic E-state index is 6.01. The molecule has 1 aliphatic rings. The molecule has 1 unspecified atom stereocenters. The second kappa shape index (κ2) is 4.57. The Labute approximate surface area is 105 Å². The van der Waals surface area contributed by atoms with Gasteiger partial charge >= 0.3 is 0 Å². The zero-order chi connectivity index (χ0) is 11.7. The minimum absolute atomic E-state index is 0.360. The van der Waals surface area contributed by atoms with Gasteiger partial charge in [0, 0.05) is 18.5 Å². The lowest BCUT2D eigenvalue weighted by Crippen LogP contribution is -2.40. The first-order valence-corrected chi connectivity index (χ1v) is 6.60. The molecule has 1 aromatic carbocycles. The summed E-state index contributed by atoms with van der Waals surface area (Å²) in [7, 11) is 0. The van der Waals surface area contributed by atoms with Crippen LogP contribution in [0.25, 0.3) is 11.1 Å². The number of halogens is 1. The van der Waals surface area contributed by atoms with Crippen LogP contribution in [0.15, 0.2) is 28.7 Å². The Morgan fingerprint density at radius 3 is 3.06 bits per heavy atom. The first-order chi connectivity index (χ1) is 8.38. The largest absolute Gasteiger partial charge is 0.423 e. The van der Waals surface area contributed by atoms with Gasteiger partial charge in [0.1, 0.15) is 5.52 Å². The summed E-state index contributed by atoms with van der Waals surface area (Å²) in [6.45, 7) is 0.990. The van der Waals surface area contributed by atoms with Gasteiger partial charge in [-0.15, -0.1) is 11.6 Å². The van der Waals surface area contributed by atoms with E-state index in [1.807, 2.05) is 24.3 Å². The fraction of sp³-hybridized carbons (Fsp3) is 0.462. The van der Waals surface area contributed by atoms with E-state index in [2.05, 4.69) is 9.88 Å². The molecule has 3 nitrogen and oxygen atoms in total. The van der Waals surface area contributed by atoms with Crippen LogP contribution in [-0.2, 0) is 0 Å². The molecule has 1 aromatic heterocycles. The molecule has 1 fully saturated rings. The second-order valence-electron chi connectivity index (χ2n) is 4.46. The molecule has 3 rings (SSSR count). The van der Waals surface area contributed by atoms with Crippen molar-refractivity contribution in [2.24, 2.45) is 0 Å². The zero-order valence-corrected chi connectivity index (χ0v) is 10.4. The zero-order valence-electron chi connectivity index (χ0n) is 9.60. The predicted octanol–water partition coefficient (Wildman–Crippen LogP) is 3.43. The second-order valence-corrected chi connectivity index (χ2v) is 4.77. The lowest BCUT2D eigenvalue weighted by Gasteiger charge is -2.33. The summed E-state index contributed by atoms with van der Waals surface area (Å²) in [4.78, 5) is 6.74. The van der Waals surface area contributed by atoms with Gasteiger partial charge in [0.25, 0.3) is 6.01 Å². The van der Waals surface area contributed by atoms with Gasteiger partial charge in [-0.25, -0.2) is 0 Å². The highest BCUT2D eigenvalue weighted by molar-refractivity contribution is 6.18. The van der Waals surface area contributed by atoms with E-state index in [-0.39, 0.29) is 0 Å². The number of rotatable bonds is 2. The van der Waals surface area contributed by atoms with Crippen molar-refractivity contribution in [3.63, 3.8) is 0 Å². The fourth-order valence-corrected chi connectivity index (χ4v) is 2.72. The monoisotopic (exact) mass is 250 g/mol. The van der Waals surface area contributed by atoms with Gasteiger partial charge in [-0.3, -0.25) is 0 Å². The SMILES string of the molecule is ClCC1CCCCN1c1nc2ccccc2o1. The van der Waals surface area contributed by atoms with E-state index in [9.17, 15) is 0 Å². The number of oxazole rings is 1. The van der Waals surface area contributed by atoms with Crippen LogP contribution in [0.4, 0.5) is 6.01 Å². The van der Waals surface area contributed by atoms with Crippen molar-refractivity contribution in [2.45, 2.75) is 25.3 Å². The molecule has 90 valence electrons. The minimum Gasteiger partial charge on any atom is -0.423 e. The van der Waals surface area contributed by atoms with Gasteiger partial charge in [-0.1, -0.05) is 12.1 Å². The van der Waals surface area contributed by atoms with E-state index in [0.29, 0.717) is 11.9 Å². The smallest absolute Gasteiger partial charge is 0.298 e. The number of para-hydroxylation sites is 2.